The molecule has 1 N–H and O–H groups in total. The molecule has 4 aromatic carbocycles. The van der Waals surface area contributed by atoms with E-state index in [-0.39, 0.29) is 45.5 Å². The Bertz CT molecular complexity index is 1680. The quantitative estimate of drug-likeness (QED) is 0.166. The van der Waals surface area contributed by atoms with Crippen LogP contribution in [0.3, 0.4) is 0 Å². The molecule has 0 radical (unpaired) electrons. The number of sulfonamides is 1. The van der Waals surface area contributed by atoms with E-state index in [0.29, 0.717) is 6.42 Å². The fourth-order valence-electron chi connectivity index (χ4n) is 4.82. The number of hydrogen-bond acceptors (Lipinski definition) is 4. The summed E-state index contributed by atoms with van der Waals surface area (Å²) in [6.07, 6.45) is 0.934. The fraction of sp³-hybridized carbons (Fsp3) is 0.257. The molecule has 0 aliphatic heterocycles. The molecule has 0 saturated carbocycles. The van der Waals surface area contributed by atoms with E-state index in [1.807, 2.05) is 81.4 Å². The summed E-state index contributed by atoms with van der Waals surface area (Å²) >= 11 is 12.6. The molecule has 0 aliphatic rings. The van der Waals surface area contributed by atoms with Gasteiger partial charge in [-0.25, -0.2) is 8.42 Å². The van der Waals surface area contributed by atoms with Crippen molar-refractivity contribution in [1.29, 1.82) is 0 Å². The van der Waals surface area contributed by atoms with Gasteiger partial charge in [0.2, 0.25) is 11.8 Å². The van der Waals surface area contributed by atoms with E-state index in [1.54, 1.807) is 12.1 Å². The summed E-state index contributed by atoms with van der Waals surface area (Å²) in [4.78, 5) is 29.8. The zero-order chi connectivity index (χ0) is 32.6. The van der Waals surface area contributed by atoms with E-state index in [0.717, 1.165) is 21.0 Å². The van der Waals surface area contributed by atoms with Gasteiger partial charge in [0.25, 0.3) is 10.0 Å². The minimum Gasteiger partial charge on any atom is -0.352 e. The van der Waals surface area contributed by atoms with Crippen molar-refractivity contribution in [3.8, 4) is 0 Å². The van der Waals surface area contributed by atoms with Crippen molar-refractivity contribution in [2.24, 2.45) is 0 Å². The van der Waals surface area contributed by atoms with Crippen LogP contribution in [0.5, 0.6) is 0 Å². The number of hydrogen-bond donors (Lipinski definition) is 1. The van der Waals surface area contributed by atoms with Crippen molar-refractivity contribution in [2.45, 2.75) is 57.1 Å². The van der Waals surface area contributed by atoms with Crippen LogP contribution in [0.4, 0.5) is 5.69 Å². The number of nitrogens with zero attached hydrogens (tertiary/aromatic N) is 2. The van der Waals surface area contributed by atoms with Gasteiger partial charge in [0.05, 0.1) is 10.6 Å². The molecular formula is C35H37Cl2N3O4S. The highest BCUT2D eigenvalue weighted by atomic mass is 35.5. The molecule has 0 bridgehead atoms. The molecule has 2 atom stereocenters. The summed E-state index contributed by atoms with van der Waals surface area (Å²) in [7, 11) is -4.27. The standard InChI is InChI=1S/C35H37Cl2N3O4S/c1-4-26(3)38-35(42)33(19-27-11-7-5-8-12-27)39(23-28-13-9-6-10-14-28)34(41)24-40(31-21-29(36)20-30(37)22-31)45(43,44)32-17-15-25(2)16-18-32/h5-18,20-22,26,33H,4,19,23-24H2,1-3H3,(H,38,42)/t26-,33-/m0/s1. The lowest BCUT2D eigenvalue weighted by molar-refractivity contribution is -0.140. The van der Waals surface area contributed by atoms with Gasteiger partial charge in [-0.3, -0.25) is 13.9 Å². The molecule has 0 aromatic heterocycles. The monoisotopic (exact) mass is 665 g/mol. The number of nitrogens with one attached hydrogen (secondary N) is 1. The summed E-state index contributed by atoms with van der Waals surface area (Å²) in [5.74, 6) is -0.887. The largest absolute Gasteiger partial charge is 0.352 e. The van der Waals surface area contributed by atoms with Crippen LogP contribution in [-0.2, 0) is 32.6 Å². The van der Waals surface area contributed by atoms with Gasteiger partial charge in [0, 0.05) is 29.1 Å². The molecule has 4 aromatic rings. The Morgan fingerprint density at radius 3 is 1.93 bits per heavy atom. The SMILES string of the molecule is CC[C@H](C)NC(=O)[C@H](Cc1ccccc1)N(Cc1ccccc1)C(=O)CN(c1cc(Cl)cc(Cl)c1)S(=O)(=O)c1ccc(C)cc1. The van der Waals surface area contributed by atoms with Gasteiger partial charge in [-0.15, -0.1) is 0 Å². The molecule has 4 rings (SSSR count). The van der Waals surface area contributed by atoms with Crippen LogP contribution in [0.25, 0.3) is 0 Å². The number of carbonyl (C=O) groups excluding carboxylic acids is 2. The van der Waals surface area contributed by atoms with Gasteiger partial charge >= 0.3 is 0 Å². The van der Waals surface area contributed by atoms with E-state index in [4.69, 9.17) is 23.2 Å². The number of benzene rings is 4. The molecule has 0 saturated heterocycles. The Hall–Kier alpha value is -3.85. The second-order valence-corrected chi connectivity index (χ2v) is 13.7. The average Bonchev–Trinajstić information content (AvgIpc) is 3.02. The Balaban J connectivity index is 1.82. The summed E-state index contributed by atoms with van der Waals surface area (Å²) in [5.41, 5.74) is 2.66. The van der Waals surface area contributed by atoms with Crippen LogP contribution in [0.2, 0.25) is 10.0 Å². The lowest BCUT2D eigenvalue weighted by atomic mass is 10.0. The van der Waals surface area contributed by atoms with E-state index in [9.17, 15) is 18.0 Å². The number of rotatable bonds is 13. The van der Waals surface area contributed by atoms with E-state index in [2.05, 4.69) is 5.32 Å². The number of halogens is 2. The lowest BCUT2D eigenvalue weighted by Crippen LogP contribution is -2.54. The zero-order valence-corrected chi connectivity index (χ0v) is 27.8. The highest BCUT2D eigenvalue weighted by Gasteiger charge is 2.35. The molecule has 236 valence electrons. The smallest absolute Gasteiger partial charge is 0.264 e. The minimum absolute atomic E-state index is 0.00181. The van der Waals surface area contributed by atoms with Crippen molar-refractivity contribution in [3.05, 3.63) is 130 Å². The fourth-order valence-corrected chi connectivity index (χ4v) is 6.74. The second kappa shape index (κ2) is 15.4. The summed E-state index contributed by atoms with van der Waals surface area (Å²) < 4.78 is 29.3. The van der Waals surface area contributed by atoms with E-state index in [1.165, 1.54) is 35.2 Å². The van der Waals surface area contributed by atoms with Gasteiger partial charge in [-0.05, 0) is 61.7 Å². The van der Waals surface area contributed by atoms with E-state index < -0.39 is 28.5 Å². The Morgan fingerprint density at radius 2 is 1.38 bits per heavy atom. The van der Waals surface area contributed by atoms with Crippen LogP contribution in [0, 0.1) is 6.92 Å². The molecule has 45 heavy (non-hydrogen) atoms. The first kappa shape index (κ1) is 34.0. The normalized spacial score (nSPS) is 12.6. The molecule has 0 fully saturated rings. The summed E-state index contributed by atoms with van der Waals surface area (Å²) in [6, 6.07) is 28.4. The molecule has 10 heteroatoms. The average molecular weight is 667 g/mol. The summed E-state index contributed by atoms with van der Waals surface area (Å²) in [6.45, 7) is 5.21. The van der Waals surface area contributed by atoms with Gasteiger partial charge in [0.1, 0.15) is 12.6 Å². The van der Waals surface area contributed by atoms with Crippen molar-refractivity contribution in [3.63, 3.8) is 0 Å². The first-order chi connectivity index (χ1) is 21.5. The van der Waals surface area contributed by atoms with E-state index >= 15 is 0 Å². The third-order valence-corrected chi connectivity index (χ3v) is 9.72. The van der Waals surface area contributed by atoms with Gasteiger partial charge in [0.15, 0.2) is 0 Å². The number of aryl methyl sites for hydroxylation is 1. The number of carbonyl (C=O) groups is 2. The molecule has 0 spiro atoms. The summed E-state index contributed by atoms with van der Waals surface area (Å²) in [5, 5.41) is 3.46. The first-order valence-electron chi connectivity index (χ1n) is 14.7. The van der Waals surface area contributed by atoms with Gasteiger partial charge < -0.3 is 10.2 Å². The van der Waals surface area contributed by atoms with Crippen LogP contribution in [-0.4, -0.2) is 43.8 Å². The third-order valence-electron chi connectivity index (χ3n) is 7.49. The minimum atomic E-state index is -4.27. The zero-order valence-electron chi connectivity index (χ0n) is 25.5. The molecular weight excluding hydrogens is 629 g/mol. The van der Waals surface area contributed by atoms with Crippen molar-refractivity contribution < 1.29 is 18.0 Å². The van der Waals surface area contributed by atoms with Gasteiger partial charge in [-0.1, -0.05) is 108 Å². The highest BCUT2D eigenvalue weighted by molar-refractivity contribution is 7.92. The lowest BCUT2D eigenvalue weighted by Gasteiger charge is -2.34. The molecule has 0 aliphatic carbocycles. The van der Waals surface area contributed by atoms with Crippen molar-refractivity contribution in [2.75, 3.05) is 10.8 Å². The maximum Gasteiger partial charge on any atom is 0.264 e. The molecule has 2 amide bonds. The third kappa shape index (κ3) is 9.10. The van der Waals surface area contributed by atoms with Crippen molar-refractivity contribution in [1.82, 2.24) is 10.2 Å². The Labute approximate surface area is 275 Å². The maximum atomic E-state index is 14.5. The van der Waals surface area contributed by atoms with Crippen LogP contribution in [0.15, 0.2) is 108 Å². The predicted molar refractivity (Wildman–Crippen MR) is 181 cm³/mol. The Morgan fingerprint density at radius 1 is 0.822 bits per heavy atom. The van der Waals surface area contributed by atoms with Crippen LogP contribution < -0.4 is 9.62 Å². The topological polar surface area (TPSA) is 86.8 Å². The van der Waals surface area contributed by atoms with Crippen molar-refractivity contribution >= 4 is 50.7 Å². The molecule has 7 nitrogen and oxygen atoms in total. The Kier molecular flexibility index (Phi) is 11.7. The predicted octanol–water partition coefficient (Wildman–Crippen LogP) is 7.05. The second-order valence-electron chi connectivity index (χ2n) is 11.0. The van der Waals surface area contributed by atoms with Crippen LogP contribution in [0.1, 0.15) is 37.0 Å². The van der Waals surface area contributed by atoms with Gasteiger partial charge in [-0.2, -0.15) is 0 Å². The maximum absolute atomic E-state index is 14.5. The first-order valence-corrected chi connectivity index (χ1v) is 16.9. The van der Waals surface area contributed by atoms with Crippen LogP contribution >= 0.6 is 23.2 Å². The molecule has 0 unspecified atom stereocenters. The number of anilines is 1. The number of amides is 2. The molecule has 0 heterocycles. The highest BCUT2D eigenvalue weighted by Crippen LogP contribution is 2.30.